The highest BCUT2D eigenvalue weighted by molar-refractivity contribution is 7.51. The fourth-order valence-electron chi connectivity index (χ4n) is 3.25. The smallest absolute Gasteiger partial charge is 0.325 e. The summed E-state index contributed by atoms with van der Waals surface area (Å²) in [6, 6.07) is 0. The Kier molecular flexibility index (Phi) is 6.42. The summed E-state index contributed by atoms with van der Waals surface area (Å²) in [5.74, 6) is -2.07. The largest absolute Gasteiger partial charge is 0.361 e. The van der Waals surface area contributed by atoms with Crippen molar-refractivity contribution in [2.75, 3.05) is 19.3 Å². The van der Waals surface area contributed by atoms with Gasteiger partial charge in [0, 0.05) is 18.5 Å². The van der Waals surface area contributed by atoms with Gasteiger partial charge >= 0.3 is 7.60 Å². The van der Waals surface area contributed by atoms with Crippen molar-refractivity contribution in [1.29, 1.82) is 0 Å². The van der Waals surface area contributed by atoms with E-state index in [4.69, 9.17) is 14.5 Å². The molecule has 10 heteroatoms. The van der Waals surface area contributed by atoms with Crippen molar-refractivity contribution in [3.8, 4) is 0 Å². The van der Waals surface area contributed by atoms with Crippen LogP contribution in [0.4, 0.5) is 0 Å². The fourth-order valence-corrected chi connectivity index (χ4v) is 3.80. The van der Waals surface area contributed by atoms with Crippen LogP contribution >= 0.6 is 7.60 Å². The van der Waals surface area contributed by atoms with Crippen LogP contribution in [-0.2, 0) is 23.7 Å². The summed E-state index contributed by atoms with van der Waals surface area (Å²) in [5.41, 5.74) is -0.831. The minimum Gasteiger partial charge on any atom is -0.361 e. The quantitative estimate of drug-likeness (QED) is 0.231. The summed E-state index contributed by atoms with van der Waals surface area (Å²) in [6.45, 7) is 6.86. The highest BCUT2D eigenvalue weighted by atomic mass is 31.2. The number of rotatable bonds is 8. The first-order valence-electron chi connectivity index (χ1n) is 8.65. The maximum atomic E-state index is 12.8. The second kappa shape index (κ2) is 8.06. The minimum atomic E-state index is -4.19. The molecular weight excluding hydrogens is 375 g/mol. The lowest BCUT2D eigenvalue weighted by Gasteiger charge is -2.33. The molecule has 1 fully saturated rings. The van der Waals surface area contributed by atoms with Gasteiger partial charge < -0.3 is 19.8 Å². The van der Waals surface area contributed by atoms with Crippen molar-refractivity contribution < 1.29 is 33.5 Å². The third kappa shape index (κ3) is 5.13. The summed E-state index contributed by atoms with van der Waals surface area (Å²) in [7, 11) is -4.19. The van der Waals surface area contributed by atoms with Gasteiger partial charge in [-0.1, -0.05) is 18.7 Å². The summed E-state index contributed by atoms with van der Waals surface area (Å²) in [5, 5.41) is 2.68. The summed E-state index contributed by atoms with van der Waals surface area (Å²) in [6.07, 6.45) is 2.71. The van der Waals surface area contributed by atoms with Crippen LogP contribution in [0.25, 0.3) is 0 Å². The Labute approximate surface area is 157 Å². The number of hydrogen-bond acceptors (Lipinski definition) is 5. The summed E-state index contributed by atoms with van der Waals surface area (Å²) >= 11 is 0. The first kappa shape index (κ1) is 21.5. The Morgan fingerprint density at radius 2 is 2.15 bits per heavy atom. The highest BCUT2D eigenvalue weighted by Gasteiger charge is 2.53. The lowest BCUT2D eigenvalue weighted by molar-refractivity contribution is -0.143. The van der Waals surface area contributed by atoms with Gasteiger partial charge in [0.15, 0.2) is 0 Å². The van der Waals surface area contributed by atoms with Gasteiger partial charge in [-0.25, -0.2) is 0 Å². The average molecular weight is 400 g/mol. The van der Waals surface area contributed by atoms with Crippen LogP contribution in [-0.4, -0.2) is 63.4 Å². The van der Waals surface area contributed by atoms with Gasteiger partial charge in [-0.2, -0.15) is 0 Å². The molecule has 27 heavy (non-hydrogen) atoms. The third-order valence-corrected chi connectivity index (χ3v) is 5.53. The van der Waals surface area contributed by atoms with Crippen molar-refractivity contribution in [3.05, 3.63) is 24.3 Å². The zero-order chi connectivity index (χ0) is 20.4. The molecule has 0 aromatic carbocycles. The molecule has 3 N–H and O–H groups in total. The number of nitrogens with zero attached hydrogens (tertiary/aromatic N) is 1. The predicted molar refractivity (Wildman–Crippen MR) is 96.6 cm³/mol. The average Bonchev–Trinajstić information content (AvgIpc) is 3.06. The molecule has 0 aromatic heterocycles. The van der Waals surface area contributed by atoms with Crippen LogP contribution in [0.1, 0.15) is 26.7 Å². The molecule has 0 spiro atoms. The van der Waals surface area contributed by atoms with E-state index < -0.39 is 37.1 Å². The molecule has 3 amide bonds. The summed E-state index contributed by atoms with van der Waals surface area (Å²) < 4.78 is 16.9. The maximum Gasteiger partial charge on any atom is 0.325 e. The van der Waals surface area contributed by atoms with Gasteiger partial charge in [0.05, 0.1) is 24.7 Å². The Morgan fingerprint density at radius 3 is 2.67 bits per heavy atom. The maximum absolute atomic E-state index is 12.8. The normalized spacial score (nSPS) is 28.1. The number of carbonyl (C=O) groups excluding carboxylic acids is 3. The van der Waals surface area contributed by atoms with Gasteiger partial charge in [-0.3, -0.25) is 23.8 Å². The molecule has 0 radical (unpaired) electrons. The highest BCUT2D eigenvalue weighted by Crippen LogP contribution is 2.39. The van der Waals surface area contributed by atoms with Crippen LogP contribution in [0.15, 0.2) is 24.3 Å². The zero-order valence-corrected chi connectivity index (χ0v) is 16.3. The van der Waals surface area contributed by atoms with E-state index in [9.17, 15) is 18.9 Å². The van der Waals surface area contributed by atoms with Crippen LogP contribution in [0.5, 0.6) is 0 Å². The van der Waals surface area contributed by atoms with Crippen molar-refractivity contribution in [2.45, 2.75) is 38.4 Å². The standard InChI is InChI=1S/C17H25N2O7P/c1-11(2)15(21)18-10-17(6-5-12(3)26-17)13-9-14(20)19(16(13)22)7-4-8-27(23,24)25/h5-6,12-13H,1,4,7-10H2,2-3H3,(H,18,21)(H2,23,24,25). The van der Waals surface area contributed by atoms with E-state index in [1.54, 1.807) is 26.0 Å². The first-order valence-corrected chi connectivity index (χ1v) is 10.4. The number of imide groups is 1. The fraction of sp³-hybridized carbons (Fsp3) is 0.588. The molecular formula is C17H25N2O7P. The molecule has 2 aliphatic rings. The molecule has 2 rings (SSSR count). The number of ether oxygens (including phenoxy) is 1. The van der Waals surface area contributed by atoms with Gasteiger partial charge in [-0.05, 0) is 20.3 Å². The molecule has 1 saturated heterocycles. The Morgan fingerprint density at radius 1 is 1.48 bits per heavy atom. The number of hydrogen-bond donors (Lipinski definition) is 3. The lowest BCUT2D eigenvalue weighted by atomic mass is 9.85. The SMILES string of the molecule is C=C(C)C(=O)NCC1(C2CC(=O)N(CCCP(=O)(O)O)C2=O)C=CC(C)O1. The minimum absolute atomic E-state index is 0.0134. The Balaban J connectivity index is 2.12. The zero-order valence-electron chi connectivity index (χ0n) is 15.4. The Hall–Kier alpha value is -1.80. The van der Waals surface area contributed by atoms with E-state index in [2.05, 4.69) is 11.9 Å². The van der Waals surface area contributed by atoms with E-state index in [0.717, 1.165) is 4.90 Å². The molecule has 2 aliphatic heterocycles. The Bertz CT molecular complexity index is 729. The third-order valence-electron chi connectivity index (χ3n) is 4.63. The molecule has 0 aromatic rings. The number of nitrogens with one attached hydrogen (secondary N) is 1. The van der Waals surface area contributed by atoms with Crippen molar-refractivity contribution in [1.82, 2.24) is 10.2 Å². The van der Waals surface area contributed by atoms with Gasteiger partial charge in [-0.15, -0.1) is 0 Å². The van der Waals surface area contributed by atoms with Gasteiger partial charge in [0.2, 0.25) is 17.7 Å². The van der Waals surface area contributed by atoms with Crippen molar-refractivity contribution in [2.24, 2.45) is 5.92 Å². The van der Waals surface area contributed by atoms with Crippen molar-refractivity contribution >= 4 is 25.3 Å². The molecule has 2 heterocycles. The first-order chi connectivity index (χ1) is 12.4. The number of carbonyl (C=O) groups is 3. The van der Waals surface area contributed by atoms with Crippen LogP contribution in [0.3, 0.4) is 0 Å². The van der Waals surface area contributed by atoms with Crippen LogP contribution in [0.2, 0.25) is 0 Å². The molecule has 0 bridgehead atoms. The number of likely N-dealkylation sites (tertiary alicyclic amines) is 1. The second-order valence-corrected chi connectivity index (χ2v) is 8.76. The summed E-state index contributed by atoms with van der Waals surface area (Å²) in [4.78, 5) is 55.9. The molecule has 0 aliphatic carbocycles. The van der Waals surface area contributed by atoms with Gasteiger partial charge in [0.25, 0.3) is 0 Å². The predicted octanol–water partition coefficient (Wildman–Crippen LogP) is 0.335. The number of amides is 3. The van der Waals surface area contributed by atoms with Crippen molar-refractivity contribution in [3.63, 3.8) is 0 Å². The van der Waals surface area contributed by atoms with E-state index in [1.165, 1.54) is 0 Å². The lowest BCUT2D eigenvalue weighted by Crippen LogP contribution is -2.51. The molecule has 9 nitrogen and oxygen atoms in total. The van der Waals surface area contributed by atoms with E-state index in [0.29, 0.717) is 5.57 Å². The van der Waals surface area contributed by atoms with Gasteiger partial charge in [0.1, 0.15) is 5.60 Å². The second-order valence-electron chi connectivity index (χ2n) is 6.98. The monoisotopic (exact) mass is 400 g/mol. The molecule has 3 atom stereocenters. The van der Waals surface area contributed by atoms with E-state index >= 15 is 0 Å². The van der Waals surface area contributed by atoms with Crippen LogP contribution in [0, 0.1) is 5.92 Å². The molecule has 3 unspecified atom stereocenters. The molecule has 150 valence electrons. The molecule has 0 saturated carbocycles. The van der Waals surface area contributed by atoms with E-state index in [1.807, 2.05) is 0 Å². The van der Waals surface area contributed by atoms with Crippen LogP contribution < -0.4 is 5.32 Å². The topological polar surface area (TPSA) is 133 Å². The van der Waals surface area contributed by atoms with E-state index in [-0.39, 0.29) is 37.9 Å².